The van der Waals surface area contributed by atoms with Crippen LogP contribution in [0.3, 0.4) is 0 Å². The molecular weight excluding hydrogens is 443 g/mol. The Bertz CT molecular complexity index is 1280. The monoisotopic (exact) mass is 470 g/mol. The number of anilines is 2. The number of amides is 1. The summed E-state index contributed by atoms with van der Waals surface area (Å²) in [6.45, 7) is 6.15. The van der Waals surface area contributed by atoms with E-state index < -0.39 is 0 Å². The summed E-state index contributed by atoms with van der Waals surface area (Å²) < 4.78 is 13.3. The van der Waals surface area contributed by atoms with Crippen LogP contribution in [0.25, 0.3) is 11.3 Å². The number of carbonyl (C=O) groups excluding carboxylic acids is 1. The summed E-state index contributed by atoms with van der Waals surface area (Å²) in [6.07, 6.45) is 4.52. The predicted octanol–water partition coefficient (Wildman–Crippen LogP) is 4.49. The summed E-state index contributed by atoms with van der Waals surface area (Å²) in [5, 5.41) is 3.10. The zero-order valence-electron chi connectivity index (χ0n) is 19.5. The third-order valence-corrected chi connectivity index (χ3v) is 6.36. The van der Waals surface area contributed by atoms with Gasteiger partial charge in [0.1, 0.15) is 11.5 Å². The normalized spacial score (nSPS) is 14.2. The van der Waals surface area contributed by atoms with Crippen molar-refractivity contribution in [1.29, 1.82) is 0 Å². The topological polar surface area (TPSA) is 77.1 Å². The maximum atomic E-state index is 13.3. The van der Waals surface area contributed by atoms with E-state index in [4.69, 9.17) is 0 Å². The number of H-pyrrole nitrogens is 1. The minimum atomic E-state index is -0.295. The first kappa shape index (κ1) is 22.7. The van der Waals surface area contributed by atoms with Crippen molar-refractivity contribution in [3.63, 3.8) is 0 Å². The summed E-state index contributed by atoms with van der Waals surface area (Å²) in [7, 11) is 0. The van der Waals surface area contributed by atoms with Gasteiger partial charge in [-0.1, -0.05) is 30.3 Å². The molecule has 0 spiro atoms. The molecule has 2 N–H and O–H groups in total. The van der Waals surface area contributed by atoms with Crippen LogP contribution >= 0.6 is 0 Å². The lowest BCUT2D eigenvalue weighted by molar-refractivity contribution is 0.102. The lowest BCUT2D eigenvalue weighted by Gasteiger charge is -2.36. The van der Waals surface area contributed by atoms with Crippen LogP contribution in [0.2, 0.25) is 0 Å². The molecule has 2 aromatic carbocycles. The van der Waals surface area contributed by atoms with E-state index in [-0.39, 0.29) is 17.4 Å². The second-order valence-corrected chi connectivity index (χ2v) is 8.63. The molecule has 0 bridgehead atoms. The van der Waals surface area contributed by atoms with Crippen LogP contribution in [-0.4, -0.2) is 51.9 Å². The van der Waals surface area contributed by atoms with Crippen LogP contribution in [0, 0.1) is 12.7 Å². The Labute approximate surface area is 203 Å². The lowest BCUT2D eigenvalue weighted by atomic mass is 10.1. The maximum Gasteiger partial charge on any atom is 0.275 e. The van der Waals surface area contributed by atoms with E-state index in [1.807, 2.05) is 49.4 Å². The number of nitrogens with one attached hydrogen (secondary N) is 2. The highest BCUT2D eigenvalue weighted by Gasteiger charge is 2.24. The third kappa shape index (κ3) is 5.07. The van der Waals surface area contributed by atoms with Crippen LogP contribution < -0.4 is 10.2 Å². The zero-order chi connectivity index (χ0) is 24.2. The van der Waals surface area contributed by atoms with E-state index >= 15 is 0 Å². The minimum Gasteiger partial charge on any atom is -0.369 e. The quantitative estimate of drug-likeness (QED) is 0.434. The van der Waals surface area contributed by atoms with Gasteiger partial charge in [-0.3, -0.25) is 14.7 Å². The van der Waals surface area contributed by atoms with Crippen LogP contribution in [0.15, 0.2) is 73.2 Å². The van der Waals surface area contributed by atoms with Gasteiger partial charge in [-0.05, 0) is 31.2 Å². The number of benzene rings is 2. The zero-order valence-corrected chi connectivity index (χ0v) is 19.5. The first-order valence-electron chi connectivity index (χ1n) is 11.7. The van der Waals surface area contributed by atoms with Gasteiger partial charge < -0.3 is 15.2 Å². The van der Waals surface area contributed by atoms with Gasteiger partial charge in [0, 0.05) is 67.6 Å². The van der Waals surface area contributed by atoms with Crippen molar-refractivity contribution in [3.05, 3.63) is 96.0 Å². The molecule has 3 heterocycles. The van der Waals surface area contributed by atoms with Crippen molar-refractivity contribution in [3.8, 4) is 11.3 Å². The highest BCUT2D eigenvalue weighted by molar-refractivity contribution is 6.05. The molecule has 1 amide bonds. The summed E-state index contributed by atoms with van der Waals surface area (Å²) in [5.74, 6) is -0.516. The number of aryl methyl sites for hydroxylation is 1. The molecule has 2 aromatic heterocycles. The molecule has 0 aliphatic carbocycles. The molecule has 0 radical (unpaired) electrons. The minimum absolute atomic E-state index is 0.222. The highest BCUT2D eigenvalue weighted by atomic mass is 19.1. The number of hydrogen-bond donors (Lipinski definition) is 2. The molecular formula is C27H27FN6O. The number of nitrogens with zero attached hydrogens (tertiary/aromatic N) is 4. The number of aromatic amines is 1. The second-order valence-electron chi connectivity index (χ2n) is 8.63. The van der Waals surface area contributed by atoms with Gasteiger partial charge in [0.15, 0.2) is 0 Å². The van der Waals surface area contributed by atoms with Crippen LogP contribution in [0.5, 0.6) is 0 Å². The molecule has 8 heteroatoms. The Morgan fingerprint density at radius 2 is 1.77 bits per heavy atom. The average Bonchev–Trinajstić information content (AvgIpc) is 3.20. The number of aromatic nitrogens is 3. The molecule has 0 unspecified atom stereocenters. The van der Waals surface area contributed by atoms with Gasteiger partial charge >= 0.3 is 0 Å². The molecule has 1 aliphatic rings. The van der Waals surface area contributed by atoms with Gasteiger partial charge in [-0.25, -0.2) is 9.37 Å². The number of halogens is 1. The fraction of sp³-hybridized carbons (Fsp3) is 0.222. The molecule has 4 aromatic rings. The van der Waals surface area contributed by atoms with Gasteiger partial charge in [0.25, 0.3) is 5.91 Å². The van der Waals surface area contributed by atoms with Gasteiger partial charge in [-0.2, -0.15) is 0 Å². The summed E-state index contributed by atoms with van der Waals surface area (Å²) in [4.78, 5) is 29.3. The molecule has 1 saturated heterocycles. The first-order valence-corrected chi connectivity index (χ1v) is 11.7. The lowest BCUT2D eigenvalue weighted by Crippen LogP contribution is -2.46. The third-order valence-electron chi connectivity index (χ3n) is 6.36. The van der Waals surface area contributed by atoms with E-state index in [2.05, 4.69) is 30.1 Å². The Balaban J connectivity index is 1.38. The van der Waals surface area contributed by atoms with Crippen molar-refractivity contribution in [2.75, 3.05) is 36.4 Å². The molecule has 0 saturated carbocycles. The molecule has 1 fully saturated rings. The van der Waals surface area contributed by atoms with Gasteiger partial charge in [0.05, 0.1) is 17.6 Å². The van der Waals surface area contributed by atoms with E-state index in [1.54, 1.807) is 6.20 Å². The highest BCUT2D eigenvalue weighted by Crippen LogP contribution is 2.34. The van der Waals surface area contributed by atoms with Gasteiger partial charge in [0.2, 0.25) is 0 Å². The van der Waals surface area contributed by atoms with Gasteiger partial charge in [-0.15, -0.1) is 0 Å². The van der Waals surface area contributed by atoms with E-state index in [9.17, 15) is 9.18 Å². The van der Waals surface area contributed by atoms with Crippen molar-refractivity contribution < 1.29 is 9.18 Å². The molecule has 1 aliphatic heterocycles. The largest absolute Gasteiger partial charge is 0.369 e. The number of hydrogen-bond acceptors (Lipinski definition) is 5. The second kappa shape index (κ2) is 10.1. The maximum absolute atomic E-state index is 13.3. The fourth-order valence-corrected chi connectivity index (χ4v) is 4.45. The molecule has 5 rings (SSSR count). The van der Waals surface area contributed by atoms with Crippen LogP contribution in [0.4, 0.5) is 15.8 Å². The standard InChI is InChI=1S/C27H27FN6O/c1-19-23(18-33-13-15-34(16-14-33)22-9-7-21(28)8-10-22)26(25(31-19)20-5-3-2-4-6-20)32-27(35)24-17-29-11-12-30-24/h2-12,17,31H,13-16,18H2,1H3,(H,32,35). The van der Waals surface area contributed by atoms with Crippen molar-refractivity contribution >= 4 is 17.3 Å². The Morgan fingerprint density at radius 3 is 2.46 bits per heavy atom. The van der Waals surface area contributed by atoms with Crippen LogP contribution in [-0.2, 0) is 6.54 Å². The summed E-state index contributed by atoms with van der Waals surface area (Å²) in [6, 6.07) is 16.6. The Kier molecular flexibility index (Phi) is 6.54. The fourth-order valence-electron chi connectivity index (χ4n) is 4.45. The Morgan fingerprint density at radius 1 is 1.03 bits per heavy atom. The van der Waals surface area contributed by atoms with Crippen molar-refractivity contribution in [2.45, 2.75) is 13.5 Å². The first-order chi connectivity index (χ1) is 17.1. The molecule has 7 nitrogen and oxygen atoms in total. The smallest absolute Gasteiger partial charge is 0.275 e. The van der Waals surface area contributed by atoms with Crippen molar-refractivity contribution in [2.24, 2.45) is 0 Å². The molecule has 0 atom stereocenters. The predicted molar refractivity (Wildman–Crippen MR) is 135 cm³/mol. The summed E-state index contributed by atoms with van der Waals surface area (Å²) >= 11 is 0. The number of piperazine rings is 1. The van der Waals surface area contributed by atoms with Crippen molar-refractivity contribution in [1.82, 2.24) is 19.9 Å². The van der Waals surface area contributed by atoms with E-state index in [1.165, 1.54) is 24.5 Å². The average molecular weight is 471 g/mol. The Hall–Kier alpha value is -4.04. The van der Waals surface area contributed by atoms with E-state index in [0.29, 0.717) is 6.54 Å². The molecule has 35 heavy (non-hydrogen) atoms. The number of carbonyl (C=O) groups is 1. The summed E-state index contributed by atoms with van der Waals surface area (Å²) in [5.41, 5.74) is 6.01. The van der Waals surface area contributed by atoms with E-state index in [0.717, 1.165) is 60.1 Å². The molecule has 178 valence electrons. The SMILES string of the molecule is Cc1[nH]c(-c2ccccc2)c(NC(=O)c2cnccn2)c1CN1CCN(c2ccc(F)cc2)CC1. The number of rotatable bonds is 6. The van der Waals surface area contributed by atoms with Crippen LogP contribution in [0.1, 0.15) is 21.7 Å².